The van der Waals surface area contributed by atoms with Crippen LogP contribution in [0, 0.1) is 0 Å². The van der Waals surface area contributed by atoms with Gasteiger partial charge in [0.05, 0.1) is 5.69 Å². The van der Waals surface area contributed by atoms with Crippen LogP contribution in [0.2, 0.25) is 4.47 Å². The fourth-order valence-corrected chi connectivity index (χ4v) is 1.65. The van der Waals surface area contributed by atoms with Crippen molar-refractivity contribution in [3.8, 4) is 0 Å². The molecule has 1 nitrogen and oxygen atoms in total. The van der Waals surface area contributed by atoms with E-state index in [0.717, 1.165) is 6.42 Å². The molecule has 0 atom stereocenters. The molecule has 0 bridgehead atoms. The average molecular weight is 132 g/mol. The molecule has 0 N–H and O–H groups in total. The van der Waals surface area contributed by atoms with Crippen molar-refractivity contribution in [2.75, 3.05) is 0 Å². The molecule has 1 aliphatic rings. The van der Waals surface area contributed by atoms with Crippen molar-refractivity contribution in [2.45, 2.75) is 6.42 Å². The number of thiazole rings is 1. The second-order valence-electron chi connectivity index (χ2n) is 1.51. The minimum atomic E-state index is 0.691. The maximum absolute atomic E-state index is 5.51. The lowest BCUT2D eigenvalue weighted by atomic mass is 10.9. The molecule has 36 valence electrons. The van der Waals surface area contributed by atoms with Crippen LogP contribution in [0.5, 0.6) is 0 Å². The largest absolute Gasteiger partial charge is 0.229 e. The van der Waals surface area contributed by atoms with Crippen LogP contribution < -0.4 is 0 Å². The summed E-state index contributed by atoms with van der Waals surface area (Å²) in [5.41, 5.74) is 1.20. The van der Waals surface area contributed by atoms with Crippen molar-refractivity contribution in [2.24, 2.45) is 0 Å². The third-order valence-corrected chi connectivity index (χ3v) is 2.16. The van der Waals surface area contributed by atoms with Gasteiger partial charge in [0, 0.05) is 11.3 Å². The third kappa shape index (κ3) is 0.469. The second kappa shape index (κ2) is 1.01. The van der Waals surface area contributed by atoms with Crippen LogP contribution in [0.15, 0.2) is 0 Å². The predicted octanol–water partition coefficient (Wildman–Crippen LogP) is 1.70. The van der Waals surface area contributed by atoms with Crippen molar-refractivity contribution < 1.29 is 0 Å². The van der Waals surface area contributed by atoms with Crippen LogP contribution >= 0.6 is 22.9 Å². The maximum Gasteiger partial charge on any atom is 0.184 e. The quantitative estimate of drug-likeness (QED) is 0.531. The molecule has 2 rings (SSSR count). The van der Waals surface area contributed by atoms with E-state index in [1.165, 1.54) is 10.6 Å². The maximum atomic E-state index is 5.51. The van der Waals surface area contributed by atoms with Gasteiger partial charge in [0.2, 0.25) is 0 Å². The molecule has 0 aromatic carbocycles. The van der Waals surface area contributed by atoms with Crippen LogP contribution in [0.1, 0.15) is 10.6 Å². The molecule has 0 unspecified atom stereocenters. The topological polar surface area (TPSA) is 12.9 Å². The number of hydrogen-bond donors (Lipinski definition) is 0. The lowest BCUT2D eigenvalue weighted by molar-refractivity contribution is 1.33. The van der Waals surface area contributed by atoms with E-state index in [4.69, 9.17) is 11.6 Å². The van der Waals surface area contributed by atoms with Gasteiger partial charge in [0.25, 0.3) is 0 Å². The van der Waals surface area contributed by atoms with Crippen LogP contribution in [0.4, 0.5) is 0 Å². The van der Waals surface area contributed by atoms with Gasteiger partial charge in [-0.2, -0.15) is 0 Å². The Balaban J connectivity index is 2.69. The van der Waals surface area contributed by atoms with E-state index >= 15 is 0 Å². The summed E-state index contributed by atoms with van der Waals surface area (Å²) in [5.74, 6) is 0. The molecular weight excluding hydrogens is 130 g/mol. The summed E-state index contributed by atoms with van der Waals surface area (Å²) in [6.07, 6.45) is 1.10. The molecule has 1 aromatic rings. The SMILES string of the molecule is Clc1nc2c(s1)C2. The summed E-state index contributed by atoms with van der Waals surface area (Å²) in [6.45, 7) is 0. The van der Waals surface area contributed by atoms with Crippen molar-refractivity contribution in [1.29, 1.82) is 0 Å². The average Bonchev–Trinajstić information content (AvgIpc) is 2.15. The van der Waals surface area contributed by atoms with Gasteiger partial charge in [-0.3, -0.25) is 0 Å². The van der Waals surface area contributed by atoms with E-state index in [2.05, 4.69) is 4.98 Å². The first-order chi connectivity index (χ1) is 3.36. The molecule has 0 amide bonds. The Kier molecular flexibility index (Phi) is 0.557. The molecule has 7 heavy (non-hydrogen) atoms. The van der Waals surface area contributed by atoms with Gasteiger partial charge in [0.15, 0.2) is 4.47 Å². The number of nitrogens with zero attached hydrogens (tertiary/aromatic N) is 1. The molecule has 1 heterocycles. The smallest absolute Gasteiger partial charge is 0.184 e. The molecular formula is C4H2ClNS. The second-order valence-corrected chi connectivity index (χ2v) is 3.18. The number of hydrogen-bond acceptors (Lipinski definition) is 2. The normalized spacial score (nSPS) is 13.9. The molecule has 1 aromatic heterocycles. The summed E-state index contributed by atoms with van der Waals surface area (Å²) in [5, 5.41) is 0. The molecule has 0 fully saturated rings. The van der Waals surface area contributed by atoms with Crippen molar-refractivity contribution >= 4 is 22.9 Å². The minimum absolute atomic E-state index is 0.691. The monoisotopic (exact) mass is 131 g/mol. The van der Waals surface area contributed by atoms with Gasteiger partial charge >= 0.3 is 0 Å². The summed E-state index contributed by atoms with van der Waals surface area (Å²) < 4.78 is 0.691. The predicted molar refractivity (Wildman–Crippen MR) is 29.9 cm³/mol. The first-order valence-electron chi connectivity index (χ1n) is 2.00. The Morgan fingerprint density at radius 1 is 1.71 bits per heavy atom. The summed E-state index contributed by atoms with van der Waals surface area (Å²) >= 11 is 7.10. The van der Waals surface area contributed by atoms with E-state index < -0.39 is 0 Å². The van der Waals surface area contributed by atoms with E-state index in [1.807, 2.05) is 0 Å². The van der Waals surface area contributed by atoms with Crippen LogP contribution in [0.3, 0.4) is 0 Å². The zero-order valence-corrected chi connectivity index (χ0v) is 5.01. The molecule has 0 saturated carbocycles. The van der Waals surface area contributed by atoms with Crippen molar-refractivity contribution in [1.82, 2.24) is 4.98 Å². The number of halogens is 1. The van der Waals surface area contributed by atoms with Gasteiger partial charge in [0.1, 0.15) is 0 Å². The highest BCUT2D eigenvalue weighted by Crippen LogP contribution is 2.35. The van der Waals surface area contributed by atoms with Gasteiger partial charge in [-0.1, -0.05) is 11.6 Å². The standard InChI is InChI=1S/C4H2ClNS/c5-4-6-2-1-3(2)7-4/h1H2. The van der Waals surface area contributed by atoms with Gasteiger partial charge in [-0.05, 0) is 0 Å². The van der Waals surface area contributed by atoms with Gasteiger partial charge in [-0.25, -0.2) is 4.98 Å². The Labute approximate surface area is 50.0 Å². The minimum Gasteiger partial charge on any atom is -0.229 e. The molecule has 0 radical (unpaired) electrons. The fourth-order valence-electron chi connectivity index (χ4n) is 0.535. The molecule has 0 aliphatic heterocycles. The highest BCUT2D eigenvalue weighted by Gasteiger charge is 2.22. The molecule has 1 aliphatic carbocycles. The van der Waals surface area contributed by atoms with E-state index in [-0.39, 0.29) is 0 Å². The summed E-state index contributed by atoms with van der Waals surface area (Å²) in [6, 6.07) is 0. The number of rotatable bonds is 0. The highest BCUT2D eigenvalue weighted by atomic mass is 35.5. The molecule has 3 heteroatoms. The van der Waals surface area contributed by atoms with Crippen LogP contribution in [-0.2, 0) is 6.42 Å². The Morgan fingerprint density at radius 3 is 2.86 bits per heavy atom. The van der Waals surface area contributed by atoms with Crippen LogP contribution in [0.25, 0.3) is 0 Å². The Hall–Kier alpha value is -0.0800. The summed E-state index contributed by atoms with van der Waals surface area (Å²) in [7, 11) is 0. The highest BCUT2D eigenvalue weighted by molar-refractivity contribution is 7.16. The van der Waals surface area contributed by atoms with E-state index in [0.29, 0.717) is 4.47 Å². The first kappa shape index (κ1) is 3.87. The zero-order chi connectivity index (χ0) is 4.85. The Morgan fingerprint density at radius 2 is 2.57 bits per heavy atom. The Bertz CT molecular complexity index is 184. The van der Waals surface area contributed by atoms with Gasteiger partial charge in [-0.15, -0.1) is 11.3 Å². The molecule has 0 spiro atoms. The number of aromatic nitrogens is 1. The first-order valence-corrected chi connectivity index (χ1v) is 3.20. The number of fused-ring (bicyclic) bond motifs is 1. The van der Waals surface area contributed by atoms with Crippen molar-refractivity contribution in [3.63, 3.8) is 0 Å². The summed E-state index contributed by atoms with van der Waals surface area (Å²) in [4.78, 5) is 5.35. The van der Waals surface area contributed by atoms with E-state index in [9.17, 15) is 0 Å². The van der Waals surface area contributed by atoms with Crippen molar-refractivity contribution in [3.05, 3.63) is 15.0 Å². The lowest BCUT2D eigenvalue weighted by Crippen LogP contribution is -1.58. The lowest BCUT2D eigenvalue weighted by Gasteiger charge is -1.69. The third-order valence-electron chi connectivity index (χ3n) is 0.955. The molecule has 0 saturated heterocycles. The van der Waals surface area contributed by atoms with Gasteiger partial charge < -0.3 is 0 Å². The van der Waals surface area contributed by atoms with Crippen LogP contribution in [-0.4, -0.2) is 4.98 Å². The fraction of sp³-hybridized carbons (Fsp3) is 0.250. The zero-order valence-electron chi connectivity index (χ0n) is 3.44. The van der Waals surface area contributed by atoms with E-state index in [1.54, 1.807) is 11.3 Å².